The Hall–Kier alpha value is -2.74. The number of hydrogen-bond acceptors (Lipinski definition) is 5. The fourth-order valence-electron chi connectivity index (χ4n) is 2.21. The highest BCUT2D eigenvalue weighted by atomic mass is 16.5. The number of benzene rings is 1. The van der Waals surface area contributed by atoms with Crippen LogP contribution in [0.15, 0.2) is 18.2 Å². The number of pyridine rings is 1. The van der Waals surface area contributed by atoms with Gasteiger partial charge < -0.3 is 16.2 Å². The smallest absolute Gasteiger partial charge is 0.226 e. The minimum atomic E-state index is 0.106. The molecule has 94 valence electrons. The minimum Gasteiger partial charge on any atom is -0.438 e. The first-order valence-electron chi connectivity index (χ1n) is 5.85. The van der Waals surface area contributed by atoms with Crippen molar-refractivity contribution in [3.8, 4) is 17.7 Å². The lowest BCUT2D eigenvalue weighted by Crippen LogP contribution is -2.11. The van der Waals surface area contributed by atoms with Gasteiger partial charge in [0.05, 0.1) is 5.69 Å². The van der Waals surface area contributed by atoms with Gasteiger partial charge >= 0.3 is 0 Å². The third kappa shape index (κ3) is 1.66. The fraction of sp³-hybridized carbons (Fsp3) is 0.143. The van der Waals surface area contributed by atoms with Crippen molar-refractivity contribution < 1.29 is 4.74 Å². The summed E-state index contributed by atoms with van der Waals surface area (Å²) in [4.78, 5) is 4.13. The number of hydrogen-bond donors (Lipinski definition) is 2. The molecule has 4 N–H and O–H groups in total. The van der Waals surface area contributed by atoms with Crippen LogP contribution in [0.25, 0.3) is 0 Å². The zero-order valence-electron chi connectivity index (χ0n) is 10.4. The summed E-state index contributed by atoms with van der Waals surface area (Å²) in [7, 11) is 0. The van der Waals surface area contributed by atoms with Crippen molar-refractivity contribution in [3.05, 3.63) is 40.5 Å². The standard InChI is InChI=1S/C14H12N4O/c1-7-2-3-8-5-9-12(16)10(6-15)13(17)18-14(9)19-11(8)4-7/h2-4H,5H2,1H3,(H4,16,17,18). The monoisotopic (exact) mass is 252 g/mol. The van der Waals surface area contributed by atoms with Gasteiger partial charge in [0.15, 0.2) is 0 Å². The van der Waals surface area contributed by atoms with E-state index in [1.807, 2.05) is 31.2 Å². The van der Waals surface area contributed by atoms with Crippen LogP contribution in [0, 0.1) is 18.3 Å². The van der Waals surface area contributed by atoms with Crippen LogP contribution in [-0.2, 0) is 6.42 Å². The van der Waals surface area contributed by atoms with Crippen LogP contribution in [0.2, 0.25) is 0 Å². The van der Waals surface area contributed by atoms with Gasteiger partial charge in [-0.3, -0.25) is 0 Å². The number of nitrogen functional groups attached to an aromatic ring is 2. The number of aryl methyl sites for hydroxylation is 1. The summed E-state index contributed by atoms with van der Waals surface area (Å²) in [6, 6.07) is 7.94. The Morgan fingerprint density at radius 2 is 2.16 bits per heavy atom. The van der Waals surface area contributed by atoms with Crippen molar-refractivity contribution in [2.75, 3.05) is 11.5 Å². The van der Waals surface area contributed by atoms with Crippen molar-refractivity contribution >= 4 is 11.5 Å². The fourth-order valence-corrected chi connectivity index (χ4v) is 2.21. The molecular formula is C14H12N4O. The number of rotatable bonds is 0. The van der Waals surface area contributed by atoms with Gasteiger partial charge in [-0.25, -0.2) is 0 Å². The zero-order chi connectivity index (χ0) is 13.6. The third-order valence-corrected chi connectivity index (χ3v) is 3.24. The normalized spacial score (nSPS) is 12.0. The molecule has 0 aliphatic carbocycles. The highest BCUT2D eigenvalue weighted by Gasteiger charge is 2.24. The maximum Gasteiger partial charge on any atom is 0.226 e. The van der Waals surface area contributed by atoms with Crippen LogP contribution in [0.4, 0.5) is 11.5 Å². The lowest BCUT2D eigenvalue weighted by Gasteiger charge is -2.21. The van der Waals surface area contributed by atoms with Crippen molar-refractivity contribution in [1.29, 1.82) is 5.26 Å². The summed E-state index contributed by atoms with van der Waals surface area (Å²) in [6.07, 6.45) is 0.596. The molecule has 0 atom stereocenters. The van der Waals surface area contributed by atoms with Gasteiger partial charge in [0, 0.05) is 12.0 Å². The molecule has 0 unspecified atom stereocenters. The van der Waals surface area contributed by atoms with Gasteiger partial charge in [0.2, 0.25) is 5.88 Å². The van der Waals surface area contributed by atoms with Gasteiger partial charge in [-0.1, -0.05) is 12.1 Å². The molecule has 1 aliphatic rings. The number of fused-ring (bicyclic) bond motifs is 2. The summed E-state index contributed by atoms with van der Waals surface area (Å²) >= 11 is 0. The quantitative estimate of drug-likeness (QED) is 0.638. The van der Waals surface area contributed by atoms with E-state index in [1.165, 1.54) is 0 Å². The summed E-state index contributed by atoms with van der Waals surface area (Å²) in [5.74, 6) is 1.27. The second-order valence-electron chi connectivity index (χ2n) is 4.57. The molecule has 0 amide bonds. The minimum absolute atomic E-state index is 0.106. The molecule has 2 aromatic rings. The van der Waals surface area contributed by atoms with Crippen LogP contribution in [0.3, 0.4) is 0 Å². The van der Waals surface area contributed by atoms with Gasteiger partial charge in [-0.2, -0.15) is 10.2 Å². The maximum atomic E-state index is 9.04. The Labute approximate surface area is 110 Å². The van der Waals surface area contributed by atoms with E-state index >= 15 is 0 Å². The summed E-state index contributed by atoms with van der Waals surface area (Å²) < 4.78 is 5.74. The number of nitrogens with zero attached hydrogens (tertiary/aromatic N) is 2. The lowest BCUT2D eigenvalue weighted by atomic mass is 9.98. The summed E-state index contributed by atoms with van der Waals surface area (Å²) in [6.45, 7) is 1.99. The van der Waals surface area contributed by atoms with E-state index in [-0.39, 0.29) is 11.4 Å². The Morgan fingerprint density at radius 1 is 1.37 bits per heavy atom. The van der Waals surface area contributed by atoms with E-state index in [4.69, 9.17) is 21.5 Å². The molecule has 5 nitrogen and oxygen atoms in total. The Morgan fingerprint density at radius 3 is 2.89 bits per heavy atom. The van der Waals surface area contributed by atoms with Gasteiger partial charge in [-0.15, -0.1) is 0 Å². The van der Waals surface area contributed by atoms with Crippen LogP contribution in [0.1, 0.15) is 22.3 Å². The van der Waals surface area contributed by atoms with Crippen molar-refractivity contribution in [1.82, 2.24) is 4.98 Å². The number of nitriles is 1. The van der Waals surface area contributed by atoms with E-state index in [0.717, 1.165) is 22.4 Å². The summed E-state index contributed by atoms with van der Waals surface area (Å²) in [5.41, 5.74) is 15.1. The second-order valence-corrected chi connectivity index (χ2v) is 4.57. The highest BCUT2D eigenvalue weighted by molar-refractivity contribution is 5.72. The first-order valence-corrected chi connectivity index (χ1v) is 5.85. The van der Waals surface area contributed by atoms with Crippen molar-refractivity contribution in [3.63, 3.8) is 0 Å². The second kappa shape index (κ2) is 3.89. The van der Waals surface area contributed by atoms with Crippen LogP contribution in [-0.4, -0.2) is 4.98 Å². The molecule has 0 radical (unpaired) electrons. The molecule has 0 spiro atoms. The molecular weight excluding hydrogens is 240 g/mol. The van der Waals surface area contributed by atoms with Gasteiger partial charge in [0.25, 0.3) is 0 Å². The third-order valence-electron chi connectivity index (χ3n) is 3.24. The molecule has 0 saturated heterocycles. The predicted molar refractivity (Wildman–Crippen MR) is 71.8 cm³/mol. The molecule has 0 bridgehead atoms. The van der Waals surface area contributed by atoms with Crippen LogP contribution >= 0.6 is 0 Å². The molecule has 2 heterocycles. The van der Waals surface area contributed by atoms with Crippen molar-refractivity contribution in [2.45, 2.75) is 13.3 Å². The average molecular weight is 252 g/mol. The van der Waals surface area contributed by atoms with Crippen molar-refractivity contribution in [2.24, 2.45) is 0 Å². The molecule has 3 rings (SSSR count). The molecule has 0 saturated carbocycles. The first-order chi connectivity index (χ1) is 9.10. The van der Waals surface area contributed by atoms with Gasteiger partial charge in [-0.05, 0) is 24.1 Å². The number of aromatic nitrogens is 1. The van der Waals surface area contributed by atoms with Gasteiger partial charge in [0.1, 0.15) is 23.2 Å². The Bertz CT molecular complexity index is 731. The number of ether oxygens (including phenoxy) is 1. The summed E-state index contributed by atoms with van der Waals surface area (Å²) in [5, 5.41) is 9.04. The van der Waals surface area contributed by atoms with E-state index in [9.17, 15) is 0 Å². The largest absolute Gasteiger partial charge is 0.438 e. The van der Waals surface area contributed by atoms with E-state index < -0.39 is 0 Å². The van der Waals surface area contributed by atoms with Crippen LogP contribution in [0.5, 0.6) is 11.6 Å². The highest BCUT2D eigenvalue weighted by Crippen LogP contribution is 2.40. The molecule has 1 aromatic carbocycles. The predicted octanol–water partition coefficient (Wildman–Crippen LogP) is 2.12. The molecule has 1 aliphatic heterocycles. The average Bonchev–Trinajstić information content (AvgIpc) is 2.37. The van der Waals surface area contributed by atoms with Crippen LogP contribution < -0.4 is 16.2 Å². The SMILES string of the molecule is Cc1ccc2c(c1)Oc1nc(N)c(C#N)c(N)c1C2. The molecule has 5 heteroatoms. The maximum absolute atomic E-state index is 9.04. The first kappa shape index (κ1) is 11.4. The van der Waals surface area contributed by atoms with E-state index in [2.05, 4.69) is 4.98 Å². The lowest BCUT2D eigenvalue weighted by molar-refractivity contribution is 0.441. The van der Waals surface area contributed by atoms with E-state index in [0.29, 0.717) is 18.0 Å². The number of nitrogens with two attached hydrogens (primary N) is 2. The topological polar surface area (TPSA) is 98.0 Å². The Balaban J connectivity index is 2.18. The molecule has 19 heavy (non-hydrogen) atoms. The molecule has 1 aromatic heterocycles. The van der Waals surface area contributed by atoms with E-state index in [1.54, 1.807) is 0 Å². The Kier molecular flexibility index (Phi) is 2.32. The molecule has 0 fully saturated rings. The number of anilines is 2. The zero-order valence-corrected chi connectivity index (χ0v) is 10.4.